The molecule has 0 unspecified atom stereocenters. The fraction of sp³-hybridized carbons (Fsp3) is 0.636. The maximum atomic E-state index is 12.2. The van der Waals surface area contributed by atoms with Gasteiger partial charge in [-0.2, -0.15) is 0 Å². The van der Waals surface area contributed by atoms with Crippen molar-refractivity contribution in [2.45, 2.75) is 109 Å². The van der Waals surface area contributed by atoms with E-state index in [1.165, 1.54) is 20.0 Å². The van der Waals surface area contributed by atoms with Crippen molar-refractivity contribution in [3.63, 3.8) is 0 Å². The van der Waals surface area contributed by atoms with Crippen LogP contribution in [0.25, 0.3) is 0 Å². The van der Waals surface area contributed by atoms with Gasteiger partial charge in [-0.25, -0.2) is 9.98 Å². The Morgan fingerprint density at radius 3 is 1.59 bits per heavy atom. The van der Waals surface area contributed by atoms with Gasteiger partial charge < -0.3 is 67.7 Å². The Hall–Kier alpha value is -2.46. The molecule has 320 valence electrons. The predicted molar refractivity (Wildman–Crippen MR) is 225 cm³/mol. The van der Waals surface area contributed by atoms with Gasteiger partial charge in [0.25, 0.3) is 12.0 Å². The zero-order valence-corrected chi connectivity index (χ0v) is 39.4. The Morgan fingerprint density at radius 1 is 0.776 bits per heavy atom. The standard InChI is InChI=1S/C20H30N2O3.C19H26N2O4.C4H8O.CH3.BrH.Mg/c1-13-15(20(2,3)23)11-16-17(21-19(25-16)22(4)5)18(13)24-12-14-9-7-6-8-10-14;1-12-14(18(22)23-4)10-15-16(20-19(25-15)21(2)3)17(12)24-11-13-8-6-5-7-9-13;1-2-4-5-3-1;;;/h6-10,13,15-18,23H,11-12H2,1-5H3;5-9,12,14-17H,10-11H2,1-4H3;1-4H2;1H3;1H;/q;;;-1;;+2/p-1/t13-,15+,16+,17+,18+;12-,14+,15+,16+,17+;;;;/m11..../s1. The number of fused-ring (bicyclic) bond motifs is 2. The number of rotatable bonds is 8. The normalized spacial score (nSPS) is 29.1. The third kappa shape index (κ3) is 13.5. The number of aliphatic hydroxyl groups is 1. The van der Waals surface area contributed by atoms with Crippen LogP contribution in [0.15, 0.2) is 70.6 Å². The second-order valence-corrected chi connectivity index (χ2v) is 16.3. The van der Waals surface area contributed by atoms with Gasteiger partial charge in [0.1, 0.15) is 24.3 Å². The molecule has 2 aliphatic carbocycles. The number of nitrogens with zero attached hydrogens (tertiary/aromatic N) is 4. The third-order valence-electron chi connectivity index (χ3n) is 11.3. The number of hydrogen-bond donors (Lipinski definition) is 1. The van der Waals surface area contributed by atoms with E-state index in [0.29, 0.717) is 31.7 Å². The van der Waals surface area contributed by atoms with E-state index in [0.717, 1.165) is 30.8 Å². The molecular weight excluding hydrogens is 817 g/mol. The van der Waals surface area contributed by atoms with Crippen LogP contribution in [-0.2, 0) is 46.4 Å². The number of ether oxygens (including phenoxy) is 6. The summed E-state index contributed by atoms with van der Waals surface area (Å²) < 4.78 is 34.5. The fourth-order valence-electron chi connectivity index (χ4n) is 8.23. The van der Waals surface area contributed by atoms with Crippen LogP contribution in [-0.4, -0.2) is 147 Å². The number of methoxy groups -OCH3 is 1. The molecule has 2 aromatic carbocycles. The minimum atomic E-state index is -0.775. The largest absolute Gasteiger partial charge is 2.00 e. The first-order chi connectivity index (χ1) is 26.3. The summed E-state index contributed by atoms with van der Waals surface area (Å²) in [5.74, 6) is -0.152. The van der Waals surface area contributed by atoms with E-state index in [-0.39, 0.29) is 114 Å². The van der Waals surface area contributed by atoms with Crippen molar-refractivity contribution in [3.8, 4) is 0 Å². The summed E-state index contributed by atoms with van der Waals surface area (Å²) in [5, 5.41) is 10.7. The van der Waals surface area contributed by atoms with Crippen LogP contribution in [0.2, 0.25) is 0 Å². The minimum Gasteiger partial charge on any atom is -1.00 e. The maximum absolute atomic E-state index is 12.2. The first-order valence-electron chi connectivity index (χ1n) is 19.8. The molecule has 12 nitrogen and oxygen atoms in total. The molecule has 0 radical (unpaired) electrons. The van der Waals surface area contributed by atoms with E-state index in [1.807, 2.05) is 107 Å². The predicted octanol–water partition coefficient (Wildman–Crippen LogP) is 2.64. The molecule has 14 heteroatoms. The molecule has 10 atom stereocenters. The summed E-state index contributed by atoms with van der Waals surface area (Å²) in [4.78, 5) is 25.5. The molecule has 2 aromatic rings. The maximum Gasteiger partial charge on any atom is 2.00 e. The topological polar surface area (TPSA) is 124 Å². The molecule has 2 saturated carbocycles. The molecular formula is C44H67BrMgN4O8. The van der Waals surface area contributed by atoms with Crippen LogP contribution < -0.4 is 17.0 Å². The van der Waals surface area contributed by atoms with Gasteiger partial charge in [-0.15, -0.1) is 0 Å². The monoisotopic (exact) mass is 882 g/mol. The molecule has 0 aromatic heterocycles. The minimum absolute atomic E-state index is 0. The molecule has 0 bridgehead atoms. The number of amidine groups is 2. The molecule has 5 aliphatic rings. The van der Waals surface area contributed by atoms with Crippen molar-refractivity contribution >= 4 is 41.1 Å². The molecule has 0 spiro atoms. The first kappa shape index (κ1) is 51.7. The second-order valence-electron chi connectivity index (χ2n) is 16.3. The van der Waals surface area contributed by atoms with Crippen LogP contribution >= 0.6 is 0 Å². The molecule has 7 rings (SSSR count). The molecule has 3 aliphatic heterocycles. The Bertz CT molecular complexity index is 1550. The first-order valence-corrected chi connectivity index (χ1v) is 19.8. The van der Waals surface area contributed by atoms with Gasteiger partial charge in [0.2, 0.25) is 0 Å². The Labute approximate surface area is 374 Å². The Kier molecular flexibility index (Phi) is 21.5. The van der Waals surface area contributed by atoms with Gasteiger partial charge in [0.15, 0.2) is 0 Å². The average Bonchev–Trinajstić information content (AvgIpc) is 3.97. The zero-order valence-electron chi connectivity index (χ0n) is 36.4. The van der Waals surface area contributed by atoms with E-state index >= 15 is 0 Å². The molecule has 0 amide bonds. The third-order valence-corrected chi connectivity index (χ3v) is 11.3. The Balaban J connectivity index is 0.000000340. The van der Waals surface area contributed by atoms with Crippen molar-refractivity contribution < 1.29 is 55.3 Å². The molecule has 3 heterocycles. The zero-order chi connectivity index (χ0) is 39.7. The molecule has 58 heavy (non-hydrogen) atoms. The van der Waals surface area contributed by atoms with Crippen molar-refractivity contribution in [2.24, 2.45) is 33.7 Å². The van der Waals surface area contributed by atoms with Crippen LogP contribution in [0.5, 0.6) is 0 Å². The van der Waals surface area contributed by atoms with Gasteiger partial charge in [-0.3, -0.25) is 4.79 Å². The van der Waals surface area contributed by atoms with Gasteiger partial charge in [0.05, 0.1) is 44.1 Å². The summed E-state index contributed by atoms with van der Waals surface area (Å²) in [6.45, 7) is 11.0. The number of aliphatic imine (C=N–C) groups is 2. The van der Waals surface area contributed by atoms with Crippen LogP contribution in [0.3, 0.4) is 0 Å². The van der Waals surface area contributed by atoms with E-state index in [2.05, 4.69) is 19.1 Å². The van der Waals surface area contributed by atoms with E-state index in [1.54, 1.807) is 0 Å². The van der Waals surface area contributed by atoms with Crippen molar-refractivity contribution in [1.82, 2.24) is 9.80 Å². The van der Waals surface area contributed by atoms with Crippen LogP contribution in [0, 0.1) is 31.1 Å². The number of halogens is 1. The summed E-state index contributed by atoms with van der Waals surface area (Å²) in [6.07, 6.45) is 3.49. The summed E-state index contributed by atoms with van der Waals surface area (Å²) in [6, 6.07) is 21.3. The van der Waals surface area contributed by atoms with Gasteiger partial charge in [-0.05, 0) is 62.0 Å². The Morgan fingerprint density at radius 2 is 1.21 bits per heavy atom. The van der Waals surface area contributed by atoms with Gasteiger partial charge >= 0.3 is 29.0 Å². The van der Waals surface area contributed by atoms with Gasteiger partial charge in [0, 0.05) is 47.8 Å². The van der Waals surface area contributed by atoms with Crippen molar-refractivity contribution in [3.05, 3.63) is 79.2 Å². The fourth-order valence-corrected chi connectivity index (χ4v) is 8.23. The van der Waals surface area contributed by atoms with E-state index in [4.69, 9.17) is 38.4 Å². The number of carbonyl (C=O) groups is 1. The SMILES string of the molecule is C1CCOC1.COC(=O)[C@H]1C[C@@H]2OC(N(C)C)=N[C@@H]2[C@@H](OCc2ccccc2)[C@@H]1C.C[C@H]1[C@H](OCc2ccccc2)[C@H]2N=C(N(C)C)O[C@H]2C[C@@H]1C(C)(C)O.[Br-].[CH3-].[Mg+2]. The second kappa shape index (κ2) is 24.1. The van der Waals surface area contributed by atoms with E-state index in [9.17, 15) is 9.90 Å². The van der Waals surface area contributed by atoms with Crippen LogP contribution in [0.1, 0.15) is 64.5 Å². The smallest absolute Gasteiger partial charge is 1.00 e. The number of carbonyl (C=O) groups excluding carboxylic acids is 1. The molecule has 1 saturated heterocycles. The number of esters is 1. The number of benzene rings is 2. The summed E-state index contributed by atoms with van der Waals surface area (Å²) in [5.41, 5.74) is 1.47. The van der Waals surface area contributed by atoms with Gasteiger partial charge in [-0.1, -0.05) is 74.5 Å². The number of hydrogen-bond acceptors (Lipinski definition) is 12. The summed E-state index contributed by atoms with van der Waals surface area (Å²) >= 11 is 0. The molecule has 3 fully saturated rings. The van der Waals surface area contributed by atoms with Crippen molar-refractivity contribution in [2.75, 3.05) is 48.5 Å². The quantitative estimate of drug-likeness (QED) is 0.241. The molecule has 1 N–H and O–H groups in total. The average molecular weight is 884 g/mol. The summed E-state index contributed by atoms with van der Waals surface area (Å²) in [7, 11) is 9.10. The van der Waals surface area contributed by atoms with Crippen LogP contribution in [0.4, 0.5) is 0 Å². The van der Waals surface area contributed by atoms with Crippen molar-refractivity contribution in [1.29, 1.82) is 0 Å². The van der Waals surface area contributed by atoms with E-state index < -0.39 is 5.60 Å².